The molecule has 1 aromatic rings. The first kappa shape index (κ1) is 23.4. The Morgan fingerprint density at radius 2 is 2.22 bits per heavy atom. The fourth-order valence-electron chi connectivity index (χ4n) is 2.62. The zero-order chi connectivity index (χ0) is 19.1. The van der Waals surface area contributed by atoms with E-state index in [-0.39, 0.29) is 48.3 Å². The number of carbonyl (C=O) groups is 1. The number of rotatable bonds is 6. The minimum Gasteiger partial charge on any atom is -0.356 e. The molecule has 1 atom stereocenters. The van der Waals surface area contributed by atoms with Crippen LogP contribution in [0, 0.1) is 11.7 Å². The highest BCUT2D eigenvalue weighted by molar-refractivity contribution is 14.0. The summed E-state index contributed by atoms with van der Waals surface area (Å²) in [6.45, 7) is 6.42. The van der Waals surface area contributed by atoms with E-state index in [1.54, 1.807) is 26.4 Å². The molecule has 0 aromatic carbocycles. The van der Waals surface area contributed by atoms with Gasteiger partial charge in [0.2, 0.25) is 5.91 Å². The Labute approximate surface area is 177 Å². The third-order valence-corrected chi connectivity index (χ3v) is 4.12. The summed E-state index contributed by atoms with van der Waals surface area (Å²) in [5, 5.41) is 6.63. The Bertz CT molecular complexity index is 640. The van der Waals surface area contributed by atoms with Crippen LogP contribution < -0.4 is 15.5 Å². The number of hydrogen-bond acceptors (Lipinski definition) is 4. The molecule has 1 fully saturated rings. The number of guanidine groups is 1. The van der Waals surface area contributed by atoms with Crippen molar-refractivity contribution < 1.29 is 9.18 Å². The van der Waals surface area contributed by atoms with Crippen LogP contribution in [0.15, 0.2) is 23.3 Å². The van der Waals surface area contributed by atoms with Crippen LogP contribution in [-0.2, 0) is 4.79 Å². The second-order valence-corrected chi connectivity index (χ2v) is 7.11. The molecule has 2 N–H and O–H groups in total. The van der Waals surface area contributed by atoms with Crippen LogP contribution >= 0.6 is 24.0 Å². The maximum absolute atomic E-state index is 13.9. The fraction of sp³-hybridized carbons (Fsp3) is 0.611. The van der Waals surface area contributed by atoms with Gasteiger partial charge in [0, 0.05) is 46.0 Å². The molecule has 0 saturated carbocycles. The molecule has 27 heavy (non-hydrogen) atoms. The van der Waals surface area contributed by atoms with Crippen molar-refractivity contribution in [1.82, 2.24) is 20.5 Å². The van der Waals surface area contributed by atoms with Crippen LogP contribution in [0.5, 0.6) is 0 Å². The van der Waals surface area contributed by atoms with Gasteiger partial charge in [-0.3, -0.25) is 4.79 Å². The molecular weight excluding hydrogens is 462 g/mol. The van der Waals surface area contributed by atoms with Gasteiger partial charge in [-0.15, -0.1) is 24.0 Å². The third kappa shape index (κ3) is 7.47. The van der Waals surface area contributed by atoms with Crippen LogP contribution in [0.4, 0.5) is 10.2 Å². The molecule has 0 spiro atoms. The predicted octanol–water partition coefficient (Wildman–Crippen LogP) is 1.70. The van der Waals surface area contributed by atoms with Crippen molar-refractivity contribution in [3.05, 3.63) is 24.1 Å². The quantitative estimate of drug-likeness (QED) is 0.360. The molecule has 1 unspecified atom stereocenters. The summed E-state index contributed by atoms with van der Waals surface area (Å²) in [7, 11) is 3.42. The zero-order valence-corrected chi connectivity index (χ0v) is 18.7. The molecule has 1 aliphatic heterocycles. The van der Waals surface area contributed by atoms with Crippen LogP contribution in [0.1, 0.15) is 20.3 Å². The fourth-order valence-corrected chi connectivity index (χ4v) is 2.62. The molecule has 1 aliphatic rings. The van der Waals surface area contributed by atoms with Gasteiger partial charge in [0.15, 0.2) is 17.6 Å². The molecule has 152 valence electrons. The topological polar surface area (TPSA) is 72.9 Å². The number of halogens is 2. The average Bonchev–Trinajstić information content (AvgIpc) is 3.05. The van der Waals surface area contributed by atoms with E-state index in [1.165, 1.54) is 11.0 Å². The minimum absolute atomic E-state index is 0. The van der Waals surface area contributed by atoms with Gasteiger partial charge in [0.1, 0.15) is 6.54 Å². The average molecular weight is 492 g/mol. The van der Waals surface area contributed by atoms with Gasteiger partial charge < -0.3 is 20.4 Å². The highest BCUT2D eigenvalue weighted by Gasteiger charge is 2.26. The Morgan fingerprint density at radius 3 is 2.85 bits per heavy atom. The van der Waals surface area contributed by atoms with Crippen molar-refractivity contribution >= 4 is 41.7 Å². The zero-order valence-electron chi connectivity index (χ0n) is 16.4. The molecule has 1 aromatic heterocycles. The molecule has 2 rings (SSSR count). The lowest BCUT2D eigenvalue weighted by Crippen LogP contribution is -2.46. The van der Waals surface area contributed by atoms with Gasteiger partial charge in [0.05, 0.1) is 0 Å². The highest BCUT2D eigenvalue weighted by Crippen LogP contribution is 2.20. The number of anilines is 1. The van der Waals surface area contributed by atoms with E-state index in [4.69, 9.17) is 0 Å². The van der Waals surface area contributed by atoms with E-state index in [9.17, 15) is 9.18 Å². The van der Waals surface area contributed by atoms with Gasteiger partial charge in [-0.05, 0) is 24.5 Å². The van der Waals surface area contributed by atoms with Crippen molar-refractivity contribution in [3.8, 4) is 0 Å². The monoisotopic (exact) mass is 492 g/mol. The summed E-state index contributed by atoms with van der Waals surface area (Å²) >= 11 is 0. The maximum Gasteiger partial charge on any atom is 0.243 e. The Balaban J connectivity index is 0.00000364. The summed E-state index contributed by atoms with van der Waals surface area (Å²) in [5.74, 6) is 1.08. The van der Waals surface area contributed by atoms with Crippen molar-refractivity contribution in [1.29, 1.82) is 0 Å². The lowest BCUT2D eigenvalue weighted by molar-refractivity contribution is -0.127. The molecule has 1 amide bonds. The summed E-state index contributed by atoms with van der Waals surface area (Å²) < 4.78 is 13.9. The molecule has 2 heterocycles. The SMILES string of the molecule is CC(C)CNC(=NCC(=O)N(C)C)NC1CCN(c2ncccc2F)C1.I. The number of amides is 1. The van der Waals surface area contributed by atoms with Gasteiger partial charge in [0.25, 0.3) is 0 Å². The van der Waals surface area contributed by atoms with E-state index in [0.717, 1.165) is 19.5 Å². The number of aliphatic imine (C=N–C) groups is 1. The minimum atomic E-state index is -0.309. The number of nitrogens with one attached hydrogen (secondary N) is 2. The Hall–Kier alpha value is -1.65. The number of hydrogen-bond donors (Lipinski definition) is 2. The Kier molecular flexibility index (Phi) is 9.75. The lowest BCUT2D eigenvalue weighted by Gasteiger charge is -2.21. The number of carbonyl (C=O) groups excluding carboxylic acids is 1. The third-order valence-electron chi connectivity index (χ3n) is 4.12. The molecule has 7 nitrogen and oxygen atoms in total. The molecule has 9 heteroatoms. The van der Waals surface area contributed by atoms with Crippen LogP contribution in [0.3, 0.4) is 0 Å². The second-order valence-electron chi connectivity index (χ2n) is 7.11. The number of aromatic nitrogens is 1. The van der Waals surface area contributed by atoms with Crippen molar-refractivity contribution in [2.75, 3.05) is 45.2 Å². The van der Waals surface area contributed by atoms with Crippen molar-refractivity contribution in [3.63, 3.8) is 0 Å². The summed E-state index contributed by atoms with van der Waals surface area (Å²) in [5.41, 5.74) is 0. The van der Waals surface area contributed by atoms with E-state index < -0.39 is 0 Å². The van der Waals surface area contributed by atoms with E-state index in [0.29, 0.717) is 24.2 Å². The van der Waals surface area contributed by atoms with Crippen molar-refractivity contribution in [2.45, 2.75) is 26.3 Å². The predicted molar refractivity (Wildman–Crippen MR) is 117 cm³/mol. The number of pyridine rings is 1. The molecule has 0 bridgehead atoms. The van der Waals surface area contributed by atoms with Crippen LogP contribution in [-0.4, -0.2) is 68.1 Å². The normalized spacial score (nSPS) is 16.9. The first-order valence-corrected chi connectivity index (χ1v) is 8.97. The molecular formula is C18H30FIN6O. The molecule has 1 saturated heterocycles. The summed E-state index contributed by atoms with van der Waals surface area (Å²) in [6.07, 6.45) is 2.45. The Morgan fingerprint density at radius 1 is 1.48 bits per heavy atom. The first-order valence-electron chi connectivity index (χ1n) is 8.97. The summed E-state index contributed by atoms with van der Waals surface area (Å²) in [4.78, 5) is 23.8. The van der Waals surface area contributed by atoms with E-state index in [1.807, 2.05) is 4.90 Å². The molecule has 0 aliphatic carbocycles. The smallest absolute Gasteiger partial charge is 0.243 e. The van der Waals surface area contributed by atoms with Gasteiger partial charge in [-0.2, -0.15) is 0 Å². The van der Waals surface area contributed by atoms with Gasteiger partial charge in [-0.25, -0.2) is 14.4 Å². The standard InChI is InChI=1S/C18H29FN6O.HI/c1-13(2)10-21-18(22-11-16(26)24(3)4)23-14-7-9-25(12-14)17-15(19)6-5-8-20-17;/h5-6,8,13-14H,7,9-12H2,1-4H3,(H2,21,22,23);1H. The van der Waals surface area contributed by atoms with Gasteiger partial charge in [-0.1, -0.05) is 13.8 Å². The largest absolute Gasteiger partial charge is 0.356 e. The molecule has 0 radical (unpaired) electrons. The second kappa shape index (κ2) is 11.3. The van der Waals surface area contributed by atoms with Crippen LogP contribution in [0.25, 0.3) is 0 Å². The van der Waals surface area contributed by atoms with Gasteiger partial charge >= 0.3 is 0 Å². The number of nitrogens with zero attached hydrogens (tertiary/aromatic N) is 4. The van der Waals surface area contributed by atoms with E-state index in [2.05, 4.69) is 34.5 Å². The summed E-state index contributed by atoms with van der Waals surface area (Å²) in [6, 6.07) is 3.13. The van der Waals surface area contributed by atoms with Crippen molar-refractivity contribution in [2.24, 2.45) is 10.9 Å². The highest BCUT2D eigenvalue weighted by atomic mass is 127. The first-order chi connectivity index (χ1) is 12.4. The van der Waals surface area contributed by atoms with Crippen LogP contribution in [0.2, 0.25) is 0 Å². The number of likely N-dealkylation sites (N-methyl/N-ethyl adjacent to an activating group) is 1. The maximum atomic E-state index is 13.9. The van der Waals surface area contributed by atoms with E-state index >= 15 is 0 Å². The lowest BCUT2D eigenvalue weighted by atomic mass is 10.2.